The van der Waals surface area contributed by atoms with E-state index in [2.05, 4.69) is 46.3 Å². The molecule has 3 aromatic rings. The van der Waals surface area contributed by atoms with Crippen molar-refractivity contribution in [1.29, 1.82) is 0 Å². The average Bonchev–Trinajstić information content (AvgIpc) is 3.51. The standard InChI is InChI=1S/C25H35N9S/c1-3-5-24(35-30-13-18-7-10-26-11-8-18)32-23-12-22(19-6-4-9-27-14-19)31-25-21(16-29-34(23)25)20-15-28-33(2)17-20/h5,12-13,15-19,26-27,32H,3-4,6-11,14H2,1-2H3/b24-5-,30-13+. The van der Waals surface area contributed by atoms with E-state index in [9.17, 15) is 0 Å². The quantitative estimate of drug-likeness (QED) is 0.323. The fraction of sp³-hybridized carbons (Fsp3) is 0.520. The van der Waals surface area contributed by atoms with Crippen LogP contribution in [0.4, 0.5) is 5.82 Å². The Hall–Kier alpha value is -2.69. The van der Waals surface area contributed by atoms with E-state index < -0.39 is 0 Å². The van der Waals surface area contributed by atoms with Crippen molar-refractivity contribution in [1.82, 2.24) is 35.0 Å². The maximum absolute atomic E-state index is 5.10. The van der Waals surface area contributed by atoms with Crippen LogP contribution in [0.1, 0.15) is 50.6 Å². The first-order chi connectivity index (χ1) is 17.2. The molecule has 0 radical (unpaired) electrons. The molecule has 0 aliphatic carbocycles. The molecule has 35 heavy (non-hydrogen) atoms. The van der Waals surface area contributed by atoms with Crippen LogP contribution in [-0.2, 0) is 7.05 Å². The van der Waals surface area contributed by atoms with Gasteiger partial charge in [-0.15, -0.1) is 0 Å². The highest BCUT2D eigenvalue weighted by atomic mass is 32.2. The van der Waals surface area contributed by atoms with Crippen LogP contribution in [0.3, 0.4) is 0 Å². The second kappa shape index (κ2) is 11.4. The van der Waals surface area contributed by atoms with Crippen molar-refractivity contribution in [3.8, 4) is 11.1 Å². The Balaban J connectivity index is 1.46. The minimum absolute atomic E-state index is 0.384. The van der Waals surface area contributed by atoms with Crippen LogP contribution < -0.4 is 16.0 Å². The lowest BCUT2D eigenvalue weighted by atomic mass is 9.96. The molecule has 2 aliphatic rings. The molecule has 0 saturated carbocycles. The van der Waals surface area contributed by atoms with Gasteiger partial charge < -0.3 is 16.0 Å². The smallest absolute Gasteiger partial charge is 0.165 e. The van der Waals surface area contributed by atoms with Gasteiger partial charge in [0.05, 0.1) is 23.1 Å². The summed E-state index contributed by atoms with van der Waals surface area (Å²) in [7, 11) is 1.93. The largest absolute Gasteiger partial charge is 0.334 e. The van der Waals surface area contributed by atoms with Gasteiger partial charge in [0.15, 0.2) is 5.65 Å². The second-order valence-electron chi connectivity index (χ2n) is 9.34. The molecular weight excluding hydrogens is 458 g/mol. The Labute approximate surface area is 211 Å². The second-order valence-corrected chi connectivity index (χ2v) is 10.2. The number of hydrogen-bond donors (Lipinski definition) is 3. The molecule has 2 saturated heterocycles. The molecule has 5 rings (SSSR count). The number of fused-ring (bicyclic) bond motifs is 1. The van der Waals surface area contributed by atoms with E-state index in [0.29, 0.717) is 11.8 Å². The number of aromatic nitrogens is 5. The zero-order chi connectivity index (χ0) is 24.0. The molecule has 1 unspecified atom stereocenters. The summed E-state index contributed by atoms with van der Waals surface area (Å²) in [6.07, 6.45) is 15.6. The first-order valence-corrected chi connectivity index (χ1v) is 13.5. The van der Waals surface area contributed by atoms with Crippen molar-refractivity contribution in [3.05, 3.63) is 41.5 Å². The molecule has 0 spiro atoms. The number of rotatable bonds is 8. The van der Waals surface area contributed by atoms with Crippen molar-refractivity contribution in [2.24, 2.45) is 17.4 Å². The predicted octanol–water partition coefficient (Wildman–Crippen LogP) is 3.98. The van der Waals surface area contributed by atoms with Crippen molar-refractivity contribution in [2.75, 3.05) is 31.5 Å². The third kappa shape index (κ3) is 5.76. The van der Waals surface area contributed by atoms with Gasteiger partial charge in [0.2, 0.25) is 0 Å². The fourth-order valence-electron chi connectivity index (χ4n) is 4.74. The Morgan fingerprint density at radius 2 is 2.09 bits per heavy atom. The maximum atomic E-state index is 5.10. The number of piperidine rings is 2. The molecule has 0 amide bonds. The summed E-state index contributed by atoms with van der Waals surface area (Å²) in [4.78, 5) is 5.10. The lowest BCUT2D eigenvalue weighted by Crippen LogP contribution is -2.29. The molecule has 1 atom stereocenters. The van der Waals surface area contributed by atoms with Gasteiger partial charge in [0, 0.05) is 61.1 Å². The van der Waals surface area contributed by atoms with Crippen LogP contribution in [-0.4, -0.2) is 56.8 Å². The van der Waals surface area contributed by atoms with E-state index in [0.717, 1.165) is 91.6 Å². The minimum Gasteiger partial charge on any atom is -0.334 e. The van der Waals surface area contributed by atoms with Crippen LogP contribution in [0.5, 0.6) is 0 Å². The van der Waals surface area contributed by atoms with E-state index in [4.69, 9.17) is 14.5 Å². The first-order valence-electron chi connectivity index (χ1n) is 12.7. The zero-order valence-corrected chi connectivity index (χ0v) is 21.4. The normalized spacial score (nSPS) is 20.2. The van der Waals surface area contributed by atoms with Crippen molar-refractivity contribution in [3.63, 3.8) is 0 Å². The highest BCUT2D eigenvalue weighted by molar-refractivity contribution is 8.02. The SMILES string of the molecule is CC/C=C(/Nc1cc(C2CCCNC2)nc2c(-c3cnn(C)c3)cnn12)S/N=C/C1CCNCC1. The summed E-state index contributed by atoms with van der Waals surface area (Å²) >= 11 is 1.50. The van der Waals surface area contributed by atoms with E-state index in [1.54, 1.807) is 0 Å². The number of anilines is 1. The molecular formula is C25H35N9S. The minimum atomic E-state index is 0.384. The third-order valence-corrected chi connectivity index (χ3v) is 7.36. The summed E-state index contributed by atoms with van der Waals surface area (Å²) in [5.41, 5.74) is 3.95. The number of hydrogen-bond acceptors (Lipinski definition) is 8. The third-order valence-electron chi connectivity index (χ3n) is 6.67. The monoisotopic (exact) mass is 493 g/mol. The summed E-state index contributed by atoms with van der Waals surface area (Å²) < 4.78 is 8.44. The maximum Gasteiger partial charge on any atom is 0.165 e. The fourth-order valence-corrected chi connectivity index (χ4v) is 5.48. The molecule has 2 fully saturated rings. The molecule has 10 heteroatoms. The zero-order valence-electron chi connectivity index (χ0n) is 20.6. The van der Waals surface area contributed by atoms with E-state index >= 15 is 0 Å². The molecule has 2 aliphatic heterocycles. The lowest BCUT2D eigenvalue weighted by Gasteiger charge is -2.23. The van der Waals surface area contributed by atoms with Gasteiger partial charge in [-0.25, -0.2) is 9.38 Å². The van der Waals surface area contributed by atoms with Crippen LogP contribution >= 0.6 is 11.9 Å². The Bertz CT molecular complexity index is 1180. The lowest BCUT2D eigenvalue weighted by molar-refractivity contribution is 0.455. The summed E-state index contributed by atoms with van der Waals surface area (Å²) in [5, 5.41) is 20.6. The van der Waals surface area contributed by atoms with Gasteiger partial charge >= 0.3 is 0 Å². The van der Waals surface area contributed by atoms with Crippen LogP contribution in [0, 0.1) is 5.92 Å². The molecule has 0 aromatic carbocycles. The summed E-state index contributed by atoms with van der Waals surface area (Å²) in [6.45, 7) is 6.32. The van der Waals surface area contributed by atoms with E-state index in [1.165, 1.54) is 11.9 Å². The molecule has 186 valence electrons. The summed E-state index contributed by atoms with van der Waals surface area (Å²) in [6, 6.07) is 2.16. The van der Waals surface area contributed by atoms with Gasteiger partial charge in [0.1, 0.15) is 5.82 Å². The molecule has 9 nitrogen and oxygen atoms in total. The van der Waals surface area contributed by atoms with Crippen molar-refractivity contribution in [2.45, 2.75) is 44.9 Å². The van der Waals surface area contributed by atoms with Crippen LogP contribution in [0.25, 0.3) is 16.8 Å². The van der Waals surface area contributed by atoms with Crippen LogP contribution in [0.15, 0.2) is 40.2 Å². The highest BCUT2D eigenvalue weighted by Gasteiger charge is 2.21. The van der Waals surface area contributed by atoms with Crippen LogP contribution in [0.2, 0.25) is 0 Å². The average molecular weight is 494 g/mol. The van der Waals surface area contributed by atoms with Gasteiger partial charge in [-0.3, -0.25) is 4.68 Å². The Morgan fingerprint density at radius 3 is 2.83 bits per heavy atom. The van der Waals surface area contributed by atoms with E-state index in [-0.39, 0.29) is 0 Å². The van der Waals surface area contributed by atoms with Crippen molar-refractivity contribution < 1.29 is 0 Å². The molecule has 5 heterocycles. The molecule has 0 bridgehead atoms. The Morgan fingerprint density at radius 1 is 1.20 bits per heavy atom. The number of nitrogens with one attached hydrogen (secondary N) is 3. The van der Waals surface area contributed by atoms with E-state index in [1.807, 2.05) is 34.8 Å². The number of aryl methyl sites for hydroxylation is 1. The van der Waals surface area contributed by atoms with Gasteiger partial charge in [-0.1, -0.05) is 13.0 Å². The highest BCUT2D eigenvalue weighted by Crippen LogP contribution is 2.31. The first kappa shape index (κ1) is 24.0. The van der Waals surface area contributed by atoms with Gasteiger partial charge in [0.25, 0.3) is 0 Å². The Kier molecular flexibility index (Phi) is 7.80. The van der Waals surface area contributed by atoms with Gasteiger partial charge in [-0.05, 0) is 57.7 Å². The number of nitrogens with zero attached hydrogens (tertiary/aromatic N) is 6. The number of allylic oxidation sites excluding steroid dienone is 1. The predicted molar refractivity (Wildman–Crippen MR) is 144 cm³/mol. The topological polar surface area (TPSA) is 96.5 Å². The summed E-state index contributed by atoms with van der Waals surface area (Å²) in [5.74, 6) is 1.85. The molecule has 3 aromatic heterocycles. The molecule has 3 N–H and O–H groups in total. The van der Waals surface area contributed by atoms with Crippen molar-refractivity contribution >= 4 is 29.6 Å². The van der Waals surface area contributed by atoms with Gasteiger partial charge in [-0.2, -0.15) is 14.7 Å².